The molecule has 3 aromatic rings. The highest BCUT2D eigenvalue weighted by Gasteiger charge is 2.33. The van der Waals surface area contributed by atoms with Crippen molar-refractivity contribution in [1.29, 1.82) is 0 Å². The zero-order chi connectivity index (χ0) is 27.7. The van der Waals surface area contributed by atoms with E-state index in [9.17, 15) is 22.4 Å². The lowest BCUT2D eigenvalue weighted by Gasteiger charge is -2.33. The van der Waals surface area contributed by atoms with Gasteiger partial charge in [-0.25, -0.2) is 12.8 Å². The highest BCUT2D eigenvalue weighted by molar-refractivity contribution is 9.10. The highest BCUT2D eigenvalue weighted by Crippen LogP contribution is 2.23. The van der Waals surface area contributed by atoms with Crippen molar-refractivity contribution < 1.29 is 22.4 Å². The number of sulfonamides is 1. The molecule has 2 amide bonds. The molecule has 0 saturated heterocycles. The van der Waals surface area contributed by atoms with E-state index in [4.69, 9.17) is 0 Å². The normalized spacial score (nSPS) is 12.0. The smallest absolute Gasteiger partial charge is 0.244 e. The average molecular weight is 605 g/mol. The number of amides is 2. The Kier molecular flexibility index (Phi) is 10.4. The lowest BCUT2D eigenvalue weighted by atomic mass is 10.0. The summed E-state index contributed by atoms with van der Waals surface area (Å²) in [5.74, 6) is -1.75. The van der Waals surface area contributed by atoms with Crippen LogP contribution in [0.2, 0.25) is 0 Å². The van der Waals surface area contributed by atoms with Crippen LogP contribution in [-0.4, -0.2) is 50.5 Å². The van der Waals surface area contributed by atoms with Crippen LogP contribution in [0.5, 0.6) is 0 Å². The van der Waals surface area contributed by atoms with Gasteiger partial charge in [0.1, 0.15) is 18.4 Å². The summed E-state index contributed by atoms with van der Waals surface area (Å²) in [5.41, 5.74) is 1.36. The summed E-state index contributed by atoms with van der Waals surface area (Å²) in [6.07, 6.45) is 1.85. The summed E-state index contributed by atoms with van der Waals surface area (Å²) < 4.78 is 41.6. The molecule has 0 aliphatic heterocycles. The monoisotopic (exact) mass is 603 g/mol. The van der Waals surface area contributed by atoms with E-state index in [0.29, 0.717) is 13.0 Å². The van der Waals surface area contributed by atoms with Crippen molar-refractivity contribution in [2.45, 2.75) is 32.4 Å². The standard InChI is InChI=1S/C28H31BrFN3O4S/c1-3-17-31-28(35)26(18-21-9-5-4-6-10-21)32(19-22-13-15-23(29)16-14-22)27(34)20-33(38(2,36)37)25-12-8-7-11-24(25)30/h4-16,26H,3,17-20H2,1-2H3,(H,31,35)/t26-/m0/s1. The Morgan fingerprint density at radius 2 is 1.58 bits per heavy atom. The fraction of sp³-hybridized carbons (Fsp3) is 0.286. The minimum atomic E-state index is -4.03. The number of carbonyl (C=O) groups is 2. The van der Waals surface area contributed by atoms with E-state index in [1.807, 2.05) is 61.5 Å². The molecule has 0 spiro atoms. The summed E-state index contributed by atoms with van der Waals surface area (Å²) >= 11 is 3.40. The summed E-state index contributed by atoms with van der Waals surface area (Å²) in [4.78, 5) is 28.6. The minimum absolute atomic E-state index is 0.0536. The van der Waals surface area contributed by atoms with Gasteiger partial charge < -0.3 is 10.2 Å². The van der Waals surface area contributed by atoms with Crippen molar-refractivity contribution in [3.05, 3.63) is 100 Å². The first-order chi connectivity index (χ1) is 18.1. The second-order valence-electron chi connectivity index (χ2n) is 8.87. The van der Waals surface area contributed by atoms with E-state index in [2.05, 4.69) is 21.2 Å². The Balaban J connectivity index is 2.04. The van der Waals surface area contributed by atoms with Gasteiger partial charge >= 0.3 is 0 Å². The Hall–Kier alpha value is -3.24. The van der Waals surface area contributed by atoms with Crippen LogP contribution in [0.1, 0.15) is 24.5 Å². The summed E-state index contributed by atoms with van der Waals surface area (Å²) in [5, 5.41) is 2.88. The molecule has 0 radical (unpaired) electrons. The highest BCUT2D eigenvalue weighted by atomic mass is 79.9. The molecule has 38 heavy (non-hydrogen) atoms. The maximum Gasteiger partial charge on any atom is 0.244 e. The number of nitrogens with one attached hydrogen (secondary N) is 1. The Labute approximate surface area is 231 Å². The fourth-order valence-corrected chi connectivity index (χ4v) is 5.07. The third-order valence-electron chi connectivity index (χ3n) is 5.89. The summed E-state index contributed by atoms with van der Waals surface area (Å²) in [6, 6.07) is 21.0. The predicted molar refractivity (Wildman–Crippen MR) is 151 cm³/mol. The van der Waals surface area contributed by atoms with Gasteiger partial charge in [0.2, 0.25) is 21.8 Å². The predicted octanol–water partition coefficient (Wildman–Crippen LogP) is 4.52. The molecular formula is C28H31BrFN3O4S. The first kappa shape index (κ1) is 29.3. The Morgan fingerprint density at radius 3 is 2.18 bits per heavy atom. The molecule has 0 bridgehead atoms. The van der Waals surface area contributed by atoms with Gasteiger partial charge in [0.25, 0.3) is 0 Å². The Morgan fingerprint density at radius 1 is 0.947 bits per heavy atom. The van der Waals surface area contributed by atoms with Gasteiger partial charge in [-0.2, -0.15) is 0 Å². The molecule has 0 heterocycles. The van der Waals surface area contributed by atoms with E-state index in [-0.39, 0.29) is 24.6 Å². The summed E-state index contributed by atoms with van der Waals surface area (Å²) in [6.45, 7) is 1.74. The van der Waals surface area contributed by atoms with Crippen LogP contribution in [0.15, 0.2) is 83.3 Å². The molecule has 1 atom stereocenters. The van der Waals surface area contributed by atoms with Crippen molar-refractivity contribution in [2.75, 3.05) is 23.7 Å². The van der Waals surface area contributed by atoms with Crippen molar-refractivity contribution >= 4 is 43.5 Å². The molecular weight excluding hydrogens is 573 g/mol. The molecule has 3 rings (SSSR count). The maximum atomic E-state index is 14.6. The lowest BCUT2D eigenvalue weighted by Crippen LogP contribution is -2.53. The molecule has 202 valence electrons. The molecule has 1 N–H and O–H groups in total. The van der Waals surface area contributed by atoms with E-state index in [1.165, 1.54) is 23.1 Å². The number of anilines is 1. The van der Waals surface area contributed by atoms with Crippen LogP contribution in [0, 0.1) is 5.82 Å². The SMILES string of the molecule is CCCNC(=O)[C@H](Cc1ccccc1)N(Cc1ccc(Br)cc1)C(=O)CN(c1ccccc1F)S(C)(=O)=O. The molecule has 0 unspecified atom stereocenters. The molecule has 7 nitrogen and oxygen atoms in total. The number of carbonyl (C=O) groups excluding carboxylic acids is 2. The van der Waals surface area contributed by atoms with Crippen LogP contribution < -0.4 is 9.62 Å². The lowest BCUT2D eigenvalue weighted by molar-refractivity contribution is -0.140. The number of hydrogen-bond donors (Lipinski definition) is 1. The molecule has 0 aliphatic carbocycles. The van der Waals surface area contributed by atoms with Crippen molar-refractivity contribution in [3.8, 4) is 0 Å². The molecule has 0 fully saturated rings. The summed E-state index contributed by atoms with van der Waals surface area (Å²) in [7, 11) is -4.03. The third-order valence-corrected chi connectivity index (χ3v) is 7.54. The molecule has 0 aromatic heterocycles. The molecule has 10 heteroatoms. The van der Waals surface area contributed by atoms with Crippen molar-refractivity contribution in [2.24, 2.45) is 0 Å². The number of hydrogen-bond acceptors (Lipinski definition) is 4. The van der Waals surface area contributed by atoms with Crippen molar-refractivity contribution in [1.82, 2.24) is 10.2 Å². The quantitative estimate of drug-likeness (QED) is 0.330. The van der Waals surface area contributed by atoms with E-state index in [1.54, 1.807) is 0 Å². The molecule has 3 aromatic carbocycles. The van der Waals surface area contributed by atoms with Gasteiger partial charge in [-0.15, -0.1) is 0 Å². The second-order valence-corrected chi connectivity index (χ2v) is 11.7. The van der Waals surface area contributed by atoms with Gasteiger partial charge in [0.15, 0.2) is 0 Å². The maximum absolute atomic E-state index is 14.6. The van der Waals surface area contributed by atoms with Crippen LogP contribution in [0.4, 0.5) is 10.1 Å². The van der Waals surface area contributed by atoms with Crippen molar-refractivity contribution in [3.63, 3.8) is 0 Å². The average Bonchev–Trinajstić information content (AvgIpc) is 2.89. The Bertz CT molecular complexity index is 1340. The van der Waals surface area contributed by atoms with Crippen LogP contribution in [-0.2, 0) is 32.6 Å². The molecule has 0 saturated carbocycles. The first-order valence-electron chi connectivity index (χ1n) is 12.2. The van der Waals surface area contributed by atoms with Crippen LogP contribution in [0.3, 0.4) is 0 Å². The van der Waals surface area contributed by atoms with Gasteiger partial charge in [-0.05, 0) is 41.8 Å². The fourth-order valence-electron chi connectivity index (χ4n) is 3.96. The van der Waals surface area contributed by atoms with Gasteiger partial charge in [0.05, 0.1) is 11.9 Å². The first-order valence-corrected chi connectivity index (χ1v) is 14.8. The zero-order valence-corrected chi connectivity index (χ0v) is 23.7. The zero-order valence-electron chi connectivity index (χ0n) is 21.3. The molecule has 0 aliphatic rings. The van der Waals surface area contributed by atoms with E-state index >= 15 is 0 Å². The second kappa shape index (κ2) is 13.5. The largest absolute Gasteiger partial charge is 0.354 e. The number of rotatable bonds is 12. The number of para-hydroxylation sites is 1. The number of halogens is 2. The number of benzene rings is 3. The van der Waals surface area contributed by atoms with Gasteiger partial charge in [-0.3, -0.25) is 13.9 Å². The topological polar surface area (TPSA) is 86.8 Å². The third kappa shape index (κ3) is 8.13. The van der Waals surface area contributed by atoms with Crippen LogP contribution >= 0.6 is 15.9 Å². The van der Waals surface area contributed by atoms with Gasteiger partial charge in [-0.1, -0.05) is 77.5 Å². The van der Waals surface area contributed by atoms with E-state index in [0.717, 1.165) is 32.2 Å². The number of nitrogens with zero attached hydrogens (tertiary/aromatic N) is 2. The van der Waals surface area contributed by atoms with E-state index < -0.39 is 34.3 Å². The van der Waals surface area contributed by atoms with Gasteiger partial charge in [0, 0.05) is 24.0 Å². The van der Waals surface area contributed by atoms with Crippen LogP contribution in [0.25, 0.3) is 0 Å². The minimum Gasteiger partial charge on any atom is -0.354 e.